The zero-order valence-electron chi connectivity index (χ0n) is 12.1. The molecule has 0 bridgehead atoms. The number of nitrogens with one attached hydrogen (secondary N) is 1. The molecule has 2 aliphatic heterocycles. The molecular weight excluding hydrogens is 250 g/mol. The van der Waals surface area contributed by atoms with Gasteiger partial charge in [0.05, 0.1) is 19.3 Å². The minimum Gasteiger partial charge on any atom is -0.496 e. The van der Waals surface area contributed by atoms with E-state index in [-0.39, 0.29) is 12.1 Å². The molecule has 2 aliphatic rings. The third kappa shape index (κ3) is 2.74. The normalized spacial score (nSPS) is 22.9. The molecule has 0 fully saturated rings. The molecule has 1 aromatic rings. The number of ether oxygens (including phenoxy) is 2. The fraction of sp³-hybridized carbons (Fsp3) is 0.529. The minimum atomic E-state index is 0.0656. The van der Waals surface area contributed by atoms with Crippen LogP contribution >= 0.6 is 0 Å². The van der Waals surface area contributed by atoms with Crippen molar-refractivity contribution in [3.8, 4) is 0 Å². The lowest BCUT2D eigenvalue weighted by molar-refractivity contribution is 0.0108. The molecule has 20 heavy (non-hydrogen) atoms. The molecule has 3 heteroatoms. The van der Waals surface area contributed by atoms with Crippen molar-refractivity contribution in [2.24, 2.45) is 0 Å². The maximum Gasteiger partial charge on any atom is 0.112 e. The topological polar surface area (TPSA) is 30.5 Å². The Morgan fingerprint density at radius 3 is 3.00 bits per heavy atom. The fourth-order valence-corrected chi connectivity index (χ4v) is 3.01. The van der Waals surface area contributed by atoms with Crippen molar-refractivity contribution in [1.82, 2.24) is 5.32 Å². The smallest absolute Gasteiger partial charge is 0.112 e. The van der Waals surface area contributed by atoms with Crippen molar-refractivity contribution in [3.63, 3.8) is 0 Å². The summed E-state index contributed by atoms with van der Waals surface area (Å²) >= 11 is 0. The molecule has 108 valence electrons. The van der Waals surface area contributed by atoms with Crippen LogP contribution in [-0.2, 0) is 15.9 Å². The summed E-state index contributed by atoms with van der Waals surface area (Å²) in [6, 6.07) is 8.75. The monoisotopic (exact) mass is 273 g/mol. The fourth-order valence-electron chi connectivity index (χ4n) is 3.01. The van der Waals surface area contributed by atoms with Gasteiger partial charge in [-0.15, -0.1) is 0 Å². The number of benzene rings is 1. The van der Waals surface area contributed by atoms with Crippen LogP contribution in [0, 0.1) is 0 Å². The Morgan fingerprint density at radius 2 is 2.20 bits per heavy atom. The molecule has 2 heterocycles. The molecule has 2 unspecified atom stereocenters. The van der Waals surface area contributed by atoms with Gasteiger partial charge in [0, 0.05) is 6.42 Å². The Balaban J connectivity index is 1.87. The lowest BCUT2D eigenvalue weighted by Crippen LogP contribution is -2.40. The van der Waals surface area contributed by atoms with Gasteiger partial charge in [-0.05, 0) is 36.6 Å². The first-order chi connectivity index (χ1) is 9.90. The Morgan fingerprint density at radius 1 is 1.30 bits per heavy atom. The predicted molar refractivity (Wildman–Crippen MR) is 79.6 cm³/mol. The predicted octanol–water partition coefficient (Wildman–Crippen LogP) is 2.97. The van der Waals surface area contributed by atoms with E-state index in [4.69, 9.17) is 9.47 Å². The highest BCUT2D eigenvalue weighted by Gasteiger charge is 2.32. The van der Waals surface area contributed by atoms with Crippen LogP contribution in [0.25, 0.3) is 0 Å². The Hall–Kier alpha value is -1.32. The molecule has 3 rings (SSSR count). The molecule has 0 radical (unpaired) electrons. The highest BCUT2D eigenvalue weighted by molar-refractivity contribution is 5.33. The maximum atomic E-state index is 6.09. The lowest BCUT2D eigenvalue weighted by atomic mass is 9.92. The molecule has 0 aliphatic carbocycles. The quantitative estimate of drug-likeness (QED) is 0.894. The first kappa shape index (κ1) is 13.7. The summed E-state index contributed by atoms with van der Waals surface area (Å²) < 4.78 is 11.9. The van der Waals surface area contributed by atoms with Crippen LogP contribution in [0.4, 0.5) is 0 Å². The first-order valence-electron chi connectivity index (χ1n) is 7.66. The van der Waals surface area contributed by atoms with Crippen LogP contribution in [0.3, 0.4) is 0 Å². The summed E-state index contributed by atoms with van der Waals surface area (Å²) in [5.74, 6) is 1.06. The van der Waals surface area contributed by atoms with Crippen molar-refractivity contribution in [2.75, 3.05) is 19.8 Å². The van der Waals surface area contributed by atoms with E-state index in [2.05, 4.69) is 42.6 Å². The first-order valence-corrected chi connectivity index (χ1v) is 7.66. The van der Waals surface area contributed by atoms with Gasteiger partial charge in [-0.2, -0.15) is 0 Å². The van der Waals surface area contributed by atoms with E-state index in [0.717, 1.165) is 44.8 Å². The van der Waals surface area contributed by atoms with Crippen LogP contribution in [0.5, 0.6) is 0 Å². The van der Waals surface area contributed by atoms with Gasteiger partial charge in [0.25, 0.3) is 0 Å². The van der Waals surface area contributed by atoms with E-state index >= 15 is 0 Å². The van der Waals surface area contributed by atoms with Crippen LogP contribution in [-0.4, -0.2) is 25.8 Å². The van der Waals surface area contributed by atoms with E-state index in [1.165, 1.54) is 11.1 Å². The summed E-state index contributed by atoms with van der Waals surface area (Å²) in [6.45, 7) is 4.75. The lowest BCUT2D eigenvalue weighted by Gasteiger charge is -2.33. The molecular formula is C17H23NO2. The van der Waals surface area contributed by atoms with Gasteiger partial charge in [0.15, 0.2) is 0 Å². The van der Waals surface area contributed by atoms with Crippen LogP contribution < -0.4 is 5.32 Å². The van der Waals surface area contributed by atoms with Gasteiger partial charge in [-0.25, -0.2) is 0 Å². The van der Waals surface area contributed by atoms with Crippen molar-refractivity contribution in [2.45, 2.75) is 38.3 Å². The number of hydrogen-bond donors (Lipinski definition) is 1. The summed E-state index contributed by atoms with van der Waals surface area (Å²) in [7, 11) is 0. The molecule has 0 saturated heterocycles. The van der Waals surface area contributed by atoms with E-state index in [1.807, 2.05) is 0 Å². The van der Waals surface area contributed by atoms with Crippen LogP contribution in [0.2, 0.25) is 0 Å². The molecule has 2 atom stereocenters. The minimum absolute atomic E-state index is 0.0656. The van der Waals surface area contributed by atoms with E-state index in [1.54, 1.807) is 0 Å². The summed E-state index contributed by atoms with van der Waals surface area (Å²) in [4.78, 5) is 0. The Bertz CT molecular complexity index is 484. The Kier molecular flexibility index (Phi) is 4.38. The number of fused-ring (bicyclic) bond motifs is 1. The second-order valence-corrected chi connectivity index (χ2v) is 5.42. The van der Waals surface area contributed by atoms with Crippen molar-refractivity contribution < 1.29 is 9.47 Å². The molecule has 1 aromatic carbocycles. The molecule has 1 N–H and O–H groups in total. The van der Waals surface area contributed by atoms with Gasteiger partial charge in [-0.1, -0.05) is 31.2 Å². The van der Waals surface area contributed by atoms with Crippen LogP contribution in [0.1, 0.15) is 37.0 Å². The van der Waals surface area contributed by atoms with Gasteiger partial charge in [0.1, 0.15) is 11.9 Å². The molecule has 0 spiro atoms. The average Bonchev–Trinajstić information content (AvgIpc) is 3.02. The SMILES string of the molecule is CCCNC(C1=CCCO1)C1OCCc2ccccc21. The third-order valence-electron chi connectivity index (χ3n) is 3.99. The maximum absolute atomic E-state index is 6.09. The van der Waals surface area contributed by atoms with Gasteiger partial charge >= 0.3 is 0 Å². The third-order valence-corrected chi connectivity index (χ3v) is 3.99. The van der Waals surface area contributed by atoms with Gasteiger partial charge < -0.3 is 14.8 Å². The molecule has 0 saturated carbocycles. The highest BCUT2D eigenvalue weighted by atomic mass is 16.5. The summed E-state index contributed by atoms with van der Waals surface area (Å²) in [5, 5.41) is 3.60. The van der Waals surface area contributed by atoms with E-state index in [0.29, 0.717) is 0 Å². The van der Waals surface area contributed by atoms with Crippen LogP contribution in [0.15, 0.2) is 36.1 Å². The Labute approximate surface area is 121 Å². The second-order valence-electron chi connectivity index (χ2n) is 5.42. The summed E-state index contributed by atoms with van der Waals surface area (Å²) in [6.07, 6.45) is 5.39. The van der Waals surface area contributed by atoms with Gasteiger partial charge in [0.2, 0.25) is 0 Å². The molecule has 3 nitrogen and oxygen atoms in total. The zero-order chi connectivity index (χ0) is 13.8. The van der Waals surface area contributed by atoms with E-state index in [9.17, 15) is 0 Å². The zero-order valence-corrected chi connectivity index (χ0v) is 12.1. The number of rotatable bonds is 5. The molecule has 0 aromatic heterocycles. The second kappa shape index (κ2) is 6.42. The van der Waals surface area contributed by atoms with Crippen molar-refractivity contribution >= 4 is 0 Å². The van der Waals surface area contributed by atoms with Crippen molar-refractivity contribution in [3.05, 3.63) is 47.2 Å². The number of hydrogen-bond acceptors (Lipinski definition) is 3. The van der Waals surface area contributed by atoms with Crippen molar-refractivity contribution in [1.29, 1.82) is 0 Å². The van der Waals surface area contributed by atoms with E-state index < -0.39 is 0 Å². The van der Waals surface area contributed by atoms with Gasteiger partial charge in [-0.3, -0.25) is 0 Å². The summed E-state index contributed by atoms with van der Waals surface area (Å²) in [5.41, 5.74) is 2.72. The standard InChI is InChI=1S/C17H23NO2/c1-2-10-18-16(15-8-5-11-19-15)17-14-7-4-3-6-13(14)9-12-20-17/h3-4,6-8,16-18H,2,5,9-12H2,1H3. The largest absolute Gasteiger partial charge is 0.496 e. The molecule has 0 amide bonds. The average molecular weight is 273 g/mol. The highest BCUT2D eigenvalue weighted by Crippen LogP contribution is 2.33.